The summed E-state index contributed by atoms with van der Waals surface area (Å²) < 4.78 is 11.2. The SMILES string of the molecule is C=CCNC(=O)C(C#N)=Cc1ccc(OC(=O)C(c2ccccc2)c2ccccc2)c(OC)c1. The summed E-state index contributed by atoms with van der Waals surface area (Å²) in [6.45, 7) is 3.78. The first kappa shape index (κ1) is 24.0. The van der Waals surface area contributed by atoms with Crippen molar-refractivity contribution in [2.75, 3.05) is 13.7 Å². The lowest BCUT2D eigenvalue weighted by molar-refractivity contribution is -0.135. The fourth-order valence-corrected chi connectivity index (χ4v) is 3.36. The van der Waals surface area contributed by atoms with E-state index < -0.39 is 17.8 Å². The van der Waals surface area contributed by atoms with Gasteiger partial charge in [-0.2, -0.15) is 5.26 Å². The molecule has 0 fully saturated rings. The van der Waals surface area contributed by atoms with E-state index in [0.29, 0.717) is 11.3 Å². The van der Waals surface area contributed by atoms with Crippen LogP contribution < -0.4 is 14.8 Å². The number of methoxy groups -OCH3 is 1. The van der Waals surface area contributed by atoms with Crippen LogP contribution in [0.25, 0.3) is 6.08 Å². The Labute approximate surface area is 198 Å². The molecule has 3 aromatic rings. The van der Waals surface area contributed by atoms with Crippen molar-refractivity contribution in [1.82, 2.24) is 5.32 Å². The second kappa shape index (κ2) is 11.8. The number of carbonyl (C=O) groups excluding carboxylic acids is 2. The second-order valence-corrected chi connectivity index (χ2v) is 7.25. The summed E-state index contributed by atoms with van der Waals surface area (Å²) in [5, 5.41) is 11.9. The highest BCUT2D eigenvalue weighted by Gasteiger charge is 2.25. The lowest BCUT2D eigenvalue weighted by Crippen LogP contribution is -2.24. The molecule has 0 aliphatic carbocycles. The van der Waals surface area contributed by atoms with Crippen LogP contribution in [0.3, 0.4) is 0 Å². The zero-order valence-corrected chi connectivity index (χ0v) is 18.7. The smallest absolute Gasteiger partial charge is 0.323 e. The van der Waals surface area contributed by atoms with Crippen LogP contribution in [0.4, 0.5) is 0 Å². The fourth-order valence-electron chi connectivity index (χ4n) is 3.36. The molecule has 0 spiro atoms. The van der Waals surface area contributed by atoms with E-state index in [9.17, 15) is 14.9 Å². The number of ether oxygens (including phenoxy) is 2. The molecular formula is C28H24N2O4. The standard InChI is InChI=1S/C28H24N2O4/c1-3-16-30-27(31)23(19-29)17-20-14-15-24(25(18-20)33-2)34-28(32)26(21-10-6-4-7-11-21)22-12-8-5-9-13-22/h3-15,17-18,26H,1,16H2,2H3,(H,30,31). The van der Waals surface area contributed by atoms with Crippen molar-refractivity contribution >= 4 is 18.0 Å². The lowest BCUT2D eigenvalue weighted by Gasteiger charge is -2.18. The molecule has 1 N–H and O–H groups in total. The van der Waals surface area contributed by atoms with Crippen LogP contribution in [0.1, 0.15) is 22.6 Å². The van der Waals surface area contributed by atoms with Crippen LogP contribution in [0.5, 0.6) is 11.5 Å². The number of rotatable bonds is 9. The Hall–Kier alpha value is -4.63. The Morgan fingerprint density at radius 3 is 2.15 bits per heavy atom. The van der Waals surface area contributed by atoms with Gasteiger partial charge in [0.2, 0.25) is 0 Å². The molecule has 0 saturated carbocycles. The highest BCUT2D eigenvalue weighted by Crippen LogP contribution is 2.32. The minimum absolute atomic E-state index is 0.0677. The van der Waals surface area contributed by atoms with E-state index in [1.807, 2.05) is 66.7 Å². The molecule has 0 atom stereocenters. The topological polar surface area (TPSA) is 88.4 Å². The van der Waals surface area contributed by atoms with Crippen LogP contribution in [0.15, 0.2) is 97.1 Å². The minimum atomic E-state index is -0.620. The monoisotopic (exact) mass is 452 g/mol. The maximum Gasteiger partial charge on any atom is 0.323 e. The number of esters is 1. The third kappa shape index (κ3) is 5.99. The number of carbonyl (C=O) groups is 2. The van der Waals surface area contributed by atoms with Crippen molar-refractivity contribution in [2.24, 2.45) is 0 Å². The minimum Gasteiger partial charge on any atom is -0.493 e. The molecule has 3 aromatic carbocycles. The van der Waals surface area contributed by atoms with Crippen LogP contribution >= 0.6 is 0 Å². The van der Waals surface area contributed by atoms with Gasteiger partial charge in [0.1, 0.15) is 17.6 Å². The lowest BCUT2D eigenvalue weighted by atomic mass is 9.91. The van der Waals surface area contributed by atoms with E-state index in [-0.39, 0.29) is 17.9 Å². The van der Waals surface area contributed by atoms with Gasteiger partial charge in [0.05, 0.1) is 7.11 Å². The predicted octanol–water partition coefficient (Wildman–Crippen LogP) is 4.64. The highest BCUT2D eigenvalue weighted by molar-refractivity contribution is 6.01. The van der Waals surface area contributed by atoms with Gasteiger partial charge in [-0.15, -0.1) is 6.58 Å². The normalized spacial score (nSPS) is 10.8. The Morgan fingerprint density at radius 2 is 1.62 bits per heavy atom. The number of hydrogen-bond donors (Lipinski definition) is 1. The van der Waals surface area contributed by atoms with Gasteiger partial charge in [0.25, 0.3) is 5.91 Å². The molecule has 0 aromatic heterocycles. The molecular weight excluding hydrogens is 428 g/mol. The summed E-state index contributed by atoms with van der Waals surface area (Å²) in [4.78, 5) is 25.4. The average Bonchev–Trinajstić information content (AvgIpc) is 2.88. The van der Waals surface area contributed by atoms with Crippen molar-refractivity contribution in [3.05, 3.63) is 114 Å². The van der Waals surface area contributed by atoms with E-state index in [0.717, 1.165) is 11.1 Å². The summed E-state index contributed by atoms with van der Waals surface area (Å²) in [5.74, 6) is -1.06. The molecule has 0 radical (unpaired) electrons. The average molecular weight is 453 g/mol. The van der Waals surface area contributed by atoms with Crippen LogP contribution in [0, 0.1) is 11.3 Å². The van der Waals surface area contributed by atoms with Crippen molar-refractivity contribution in [2.45, 2.75) is 5.92 Å². The quantitative estimate of drug-likeness (QED) is 0.168. The van der Waals surface area contributed by atoms with E-state index in [1.54, 1.807) is 18.2 Å². The second-order valence-electron chi connectivity index (χ2n) is 7.25. The molecule has 0 unspecified atom stereocenters. The first-order valence-electron chi connectivity index (χ1n) is 10.6. The van der Waals surface area contributed by atoms with Crippen molar-refractivity contribution in [3.8, 4) is 17.6 Å². The predicted molar refractivity (Wildman–Crippen MR) is 130 cm³/mol. The molecule has 0 bridgehead atoms. The molecule has 3 rings (SSSR count). The van der Waals surface area contributed by atoms with E-state index in [4.69, 9.17) is 9.47 Å². The third-order valence-corrected chi connectivity index (χ3v) is 4.98. The van der Waals surface area contributed by atoms with Gasteiger partial charge in [0.15, 0.2) is 11.5 Å². The van der Waals surface area contributed by atoms with Gasteiger partial charge in [-0.3, -0.25) is 9.59 Å². The molecule has 0 aliphatic rings. The van der Waals surface area contributed by atoms with E-state index in [1.165, 1.54) is 19.3 Å². The fraction of sp³-hybridized carbons (Fsp3) is 0.107. The molecule has 6 nitrogen and oxygen atoms in total. The summed E-state index contributed by atoms with van der Waals surface area (Å²) in [5.41, 5.74) is 2.09. The van der Waals surface area contributed by atoms with Crippen LogP contribution in [-0.2, 0) is 9.59 Å². The Balaban J connectivity index is 1.89. The number of nitrogens with one attached hydrogen (secondary N) is 1. The summed E-state index contributed by atoms with van der Waals surface area (Å²) in [6.07, 6.45) is 2.96. The van der Waals surface area contributed by atoms with Gasteiger partial charge in [-0.05, 0) is 34.9 Å². The summed E-state index contributed by atoms with van der Waals surface area (Å²) in [6, 6.07) is 25.5. The maximum atomic E-state index is 13.3. The number of nitriles is 1. The number of amides is 1. The van der Waals surface area contributed by atoms with Gasteiger partial charge in [-0.1, -0.05) is 72.8 Å². The summed E-state index contributed by atoms with van der Waals surface area (Å²) in [7, 11) is 1.45. The molecule has 6 heteroatoms. The molecule has 34 heavy (non-hydrogen) atoms. The number of benzene rings is 3. The van der Waals surface area contributed by atoms with E-state index >= 15 is 0 Å². The summed E-state index contributed by atoms with van der Waals surface area (Å²) >= 11 is 0. The first-order valence-corrected chi connectivity index (χ1v) is 10.6. The van der Waals surface area contributed by atoms with Gasteiger partial charge in [0, 0.05) is 6.54 Å². The molecule has 1 amide bonds. The van der Waals surface area contributed by atoms with Crippen molar-refractivity contribution in [3.63, 3.8) is 0 Å². The zero-order valence-electron chi connectivity index (χ0n) is 18.7. The number of hydrogen-bond acceptors (Lipinski definition) is 5. The molecule has 0 saturated heterocycles. The van der Waals surface area contributed by atoms with Crippen molar-refractivity contribution < 1.29 is 19.1 Å². The van der Waals surface area contributed by atoms with Crippen molar-refractivity contribution in [1.29, 1.82) is 5.26 Å². The Kier molecular flexibility index (Phi) is 8.36. The molecule has 170 valence electrons. The third-order valence-electron chi connectivity index (χ3n) is 4.98. The maximum absolute atomic E-state index is 13.3. The van der Waals surface area contributed by atoms with Gasteiger partial charge >= 0.3 is 5.97 Å². The van der Waals surface area contributed by atoms with Crippen LogP contribution in [-0.4, -0.2) is 25.5 Å². The zero-order chi connectivity index (χ0) is 24.3. The Bertz CT molecular complexity index is 1190. The first-order chi connectivity index (χ1) is 16.6. The van der Waals surface area contributed by atoms with Crippen LogP contribution in [0.2, 0.25) is 0 Å². The highest BCUT2D eigenvalue weighted by atomic mass is 16.6. The largest absolute Gasteiger partial charge is 0.493 e. The molecule has 0 heterocycles. The van der Waals surface area contributed by atoms with E-state index in [2.05, 4.69) is 11.9 Å². The number of nitrogens with zero attached hydrogens (tertiary/aromatic N) is 1. The Morgan fingerprint density at radius 1 is 1.00 bits per heavy atom. The van der Waals surface area contributed by atoms with Gasteiger partial charge < -0.3 is 14.8 Å². The van der Waals surface area contributed by atoms with Gasteiger partial charge in [-0.25, -0.2) is 0 Å². The molecule has 0 aliphatic heterocycles.